The highest BCUT2D eigenvalue weighted by atomic mass is 16.6. The number of aromatic nitrogens is 2. The molecule has 4 rings (SSSR count). The van der Waals surface area contributed by atoms with Crippen molar-refractivity contribution in [2.45, 2.75) is 52.3 Å². The highest BCUT2D eigenvalue weighted by molar-refractivity contribution is 5.35. The molecular weight excluding hydrogens is 342 g/mol. The summed E-state index contributed by atoms with van der Waals surface area (Å²) in [6.45, 7) is 9.24. The average molecular weight is 369 g/mol. The maximum Gasteiger partial charge on any atom is 0.257 e. The van der Waals surface area contributed by atoms with E-state index in [1.165, 1.54) is 0 Å². The highest BCUT2D eigenvalue weighted by Gasteiger charge is 2.27. The lowest BCUT2D eigenvalue weighted by Crippen LogP contribution is -2.44. The molecule has 2 aromatic rings. The molecule has 0 amide bonds. The van der Waals surface area contributed by atoms with E-state index in [1.54, 1.807) is 0 Å². The largest absolute Gasteiger partial charge is 0.490 e. The van der Waals surface area contributed by atoms with E-state index in [1.807, 2.05) is 38.1 Å². The van der Waals surface area contributed by atoms with Crippen LogP contribution in [0.15, 0.2) is 24.3 Å². The Morgan fingerprint density at radius 2 is 1.89 bits per heavy atom. The zero-order valence-electron chi connectivity index (χ0n) is 16.3. The van der Waals surface area contributed by atoms with Gasteiger partial charge in [0.25, 0.3) is 5.88 Å². The first-order valence-electron chi connectivity index (χ1n) is 9.68. The van der Waals surface area contributed by atoms with Crippen LogP contribution < -0.4 is 14.2 Å². The van der Waals surface area contributed by atoms with Crippen LogP contribution in [-0.4, -0.2) is 46.8 Å². The summed E-state index contributed by atoms with van der Waals surface area (Å²) in [5.41, 5.74) is 3.02. The monoisotopic (exact) mass is 369 g/mol. The van der Waals surface area contributed by atoms with E-state index in [0.29, 0.717) is 25.1 Å². The minimum Gasteiger partial charge on any atom is -0.490 e. The van der Waals surface area contributed by atoms with Gasteiger partial charge in [-0.05, 0) is 45.7 Å². The standard InChI is InChI=1S/C21H27N3O3/c1-14-10-19(11-15(2)22-14)27-18-6-7-24(16(3)12-18)13-17-4-5-20-21(23-17)26-9-8-25-20/h4-5,10-11,16,18H,6-9,12-13H2,1-3H3/t16-,18-/m0/s1. The van der Waals surface area contributed by atoms with Crippen LogP contribution in [0.3, 0.4) is 0 Å². The Morgan fingerprint density at radius 3 is 2.67 bits per heavy atom. The number of aryl methyl sites for hydroxylation is 2. The maximum atomic E-state index is 6.24. The number of ether oxygens (including phenoxy) is 3. The molecule has 1 fully saturated rings. The summed E-state index contributed by atoms with van der Waals surface area (Å²) in [5.74, 6) is 2.29. The van der Waals surface area contributed by atoms with E-state index in [-0.39, 0.29) is 6.10 Å². The fraction of sp³-hybridized carbons (Fsp3) is 0.524. The molecular formula is C21H27N3O3. The van der Waals surface area contributed by atoms with Gasteiger partial charge in [-0.1, -0.05) is 0 Å². The van der Waals surface area contributed by atoms with E-state index in [4.69, 9.17) is 14.2 Å². The number of fused-ring (bicyclic) bond motifs is 1. The summed E-state index contributed by atoms with van der Waals surface area (Å²) in [4.78, 5) is 11.5. The molecule has 6 nitrogen and oxygen atoms in total. The lowest BCUT2D eigenvalue weighted by atomic mass is 10.00. The second-order valence-electron chi connectivity index (χ2n) is 7.47. The molecule has 0 spiro atoms. The Balaban J connectivity index is 1.36. The molecule has 0 bridgehead atoms. The van der Waals surface area contributed by atoms with Gasteiger partial charge in [0.2, 0.25) is 0 Å². The van der Waals surface area contributed by atoms with Crippen LogP contribution in [0.1, 0.15) is 36.8 Å². The Morgan fingerprint density at radius 1 is 1.11 bits per heavy atom. The molecule has 144 valence electrons. The first-order valence-corrected chi connectivity index (χ1v) is 9.68. The first kappa shape index (κ1) is 18.0. The van der Waals surface area contributed by atoms with E-state index < -0.39 is 0 Å². The van der Waals surface area contributed by atoms with Crippen LogP contribution in [0.4, 0.5) is 0 Å². The Bertz CT molecular complexity index is 791. The minimum absolute atomic E-state index is 0.241. The molecule has 2 aliphatic heterocycles. The van der Waals surface area contributed by atoms with Gasteiger partial charge in [0, 0.05) is 42.7 Å². The third kappa shape index (κ3) is 4.33. The van der Waals surface area contributed by atoms with Crippen LogP contribution in [0.25, 0.3) is 0 Å². The molecule has 0 radical (unpaired) electrons. The molecule has 2 aliphatic rings. The fourth-order valence-corrected chi connectivity index (χ4v) is 3.84. The predicted molar refractivity (Wildman–Crippen MR) is 102 cm³/mol. The van der Waals surface area contributed by atoms with Crippen molar-refractivity contribution in [1.29, 1.82) is 0 Å². The van der Waals surface area contributed by atoms with Crippen LogP contribution in [-0.2, 0) is 6.54 Å². The summed E-state index contributed by atoms with van der Waals surface area (Å²) >= 11 is 0. The average Bonchev–Trinajstić information content (AvgIpc) is 2.63. The van der Waals surface area contributed by atoms with E-state index in [9.17, 15) is 0 Å². The second kappa shape index (κ2) is 7.72. The molecule has 2 atom stereocenters. The van der Waals surface area contributed by atoms with Crippen LogP contribution in [0, 0.1) is 13.8 Å². The highest BCUT2D eigenvalue weighted by Crippen LogP contribution is 2.29. The van der Waals surface area contributed by atoms with Crippen molar-refractivity contribution in [3.05, 3.63) is 41.3 Å². The maximum absolute atomic E-state index is 6.24. The van der Waals surface area contributed by atoms with Crippen LogP contribution in [0.2, 0.25) is 0 Å². The van der Waals surface area contributed by atoms with Crippen molar-refractivity contribution in [2.75, 3.05) is 19.8 Å². The molecule has 27 heavy (non-hydrogen) atoms. The van der Waals surface area contributed by atoms with E-state index in [0.717, 1.165) is 54.5 Å². The summed E-state index contributed by atoms with van der Waals surface area (Å²) < 4.78 is 17.4. The summed E-state index contributed by atoms with van der Waals surface area (Å²) in [6.07, 6.45) is 2.26. The second-order valence-corrected chi connectivity index (χ2v) is 7.47. The van der Waals surface area contributed by atoms with Gasteiger partial charge in [0.05, 0.1) is 5.69 Å². The normalized spacial score (nSPS) is 22.5. The number of hydrogen-bond acceptors (Lipinski definition) is 6. The van der Waals surface area contributed by atoms with Crippen LogP contribution in [0.5, 0.6) is 17.4 Å². The zero-order chi connectivity index (χ0) is 18.8. The number of likely N-dealkylation sites (tertiary alicyclic amines) is 1. The number of piperidine rings is 1. The van der Waals surface area contributed by atoms with Crippen molar-refractivity contribution in [2.24, 2.45) is 0 Å². The number of rotatable bonds is 4. The quantitative estimate of drug-likeness (QED) is 0.824. The minimum atomic E-state index is 0.241. The Hall–Kier alpha value is -2.34. The zero-order valence-corrected chi connectivity index (χ0v) is 16.3. The SMILES string of the molecule is Cc1cc(O[C@H]2CCN(Cc3ccc4c(n3)OCCO4)[C@@H](C)C2)cc(C)n1. The summed E-state index contributed by atoms with van der Waals surface area (Å²) in [6, 6.07) is 8.46. The smallest absolute Gasteiger partial charge is 0.257 e. The molecule has 0 unspecified atom stereocenters. The van der Waals surface area contributed by atoms with Gasteiger partial charge in [-0.15, -0.1) is 0 Å². The Labute approximate surface area is 160 Å². The number of pyridine rings is 2. The van der Waals surface area contributed by atoms with Gasteiger partial charge < -0.3 is 14.2 Å². The van der Waals surface area contributed by atoms with Gasteiger partial charge in [-0.2, -0.15) is 0 Å². The molecule has 0 aromatic carbocycles. The van der Waals surface area contributed by atoms with Crippen LogP contribution >= 0.6 is 0 Å². The fourth-order valence-electron chi connectivity index (χ4n) is 3.84. The van der Waals surface area contributed by atoms with Gasteiger partial charge in [0.15, 0.2) is 5.75 Å². The first-order chi connectivity index (χ1) is 13.1. The third-order valence-electron chi connectivity index (χ3n) is 5.15. The lowest BCUT2D eigenvalue weighted by molar-refractivity contribution is 0.0574. The van der Waals surface area contributed by atoms with E-state index in [2.05, 4.69) is 21.8 Å². The Kier molecular flexibility index (Phi) is 5.16. The van der Waals surface area contributed by atoms with Gasteiger partial charge in [-0.25, -0.2) is 4.98 Å². The summed E-state index contributed by atoms with van der Waals surface area (Å²) in [5, 5.41) is 0. The molecule has 6 heteroatoms. The molecule has 4 heterocycles. The third-order valence-corrected chi connectivity index (χ3v) is 5.15. The predicted octanol–water partition coefficient (Wildman–Crippen LogP) is 3.30. The molecule has 0 aliphatic carbocycles. The topological polar surface area (TPSA) is 56.7 Å². The number of nitrogens with zero attached hydrogens (tertiary/aromatic N) is 3. The van der Waals surface area contributed by atoms with Gasteiger partial charge in [0.1, 0.15) is 25.1 Å². The van der Waals surface area contributed by atoms with Gasteiger partial charge >= 0.3 is 0 Å². The molecule has 1 saturated heterocycles. The van der Waals surface area contributed by atoms with E-state index >= 15 is 0 Å². The van der Waals surface area contributed by atoms with Crippen molar-refractivity contribution in [3.63, 3.8) is 0 Å². The van der Waals surface area contributed by atoms with Crippen molar-refractivity contribution < 1.29 is 14.2 Å². The molecule has 0 N–H and O–H groups in total. The summed E-state index contributed by atoms with van der Waals surface area (Å²) in [7, 11) is 0. The molecule has 0 saturated carbocycles. The van der Waals surface area contributed by atoms with Crippen molar-refractivity contribution in [3.8, 4) is 17.4 Å². The molecule has 2 aromatic heterocycles. The van der Waals surface area contributed by atoms with Crippen molar-refractivity contribution in [1.82, 2.24) is 14.9 Å². The number of hydrogen-bond donors (Lipinski definition) is 0. The van der Waals surface area contributed by atoms with Crippen molar-refractivity contribution >= 4 is 0 Å². The lowest BCUT2D eigenvalue weighted by Gasteiger charge is -2.37. The van der Waals surface area contributed by atoms with Gasteiger partial charge in [-0.3, -0.25) is 9.88 Å².